The van der Waals surface area contributed by atoms with Crippen molar-refractivity contribution >= 4 is 34.6 Å². The molecule has 0 bridgehead atoms. The maximum absolute atomic E-state index is 5.99. The van der Waals surface area contributed by atoms with Crippen molar-refractivity contribution in [2.45, 2.75) is 0 Å². The van der Waals surface area contributed by atoms with Crippen molar-refractivity contribution in [1.82, 2.24) is 14.7 Å². The molecule has 0 radical (unpaired) electrons. The van der Waals surface area contributed by atoms with Gasteiger partial charge in [-0.1, -0.05) is 17.7 Å². The number of anilines is 1. The van der Waals surface area contributed by atoms with Gasteiger partial charge in [-0.05, 0) is 44.5 Å². The van der Waals surface area contributed by atoms with Crippen LogP contribution in [-0.4, -0.2) is 73.2 Å². The average Bonchev–Trinajstić information content (AvgIpc) is 2.45. The highest BCUT2D eigenvalue weighted by Crippen LogP contribution is 2.15. The minimum atomic E-state index is 0.719. The van der Waals surface area contributed by atoms with Crippen LogP contribution in [0.5, 0.6) is 0 Å². The predicted molar refractivity (Wildman–Crippen MR) is 94.2 cm³/mol. The Hall–Kier alpha value is -0.880. The monoisotopic (exact) mass is 326 g/mol. The maximum atomic E-state index is 5.99. The van der Waals surface area contributed by atoms with Crippen molar-refractivity contribution in [2.75, 3.05) is 58.7 Å². The van der Waals surface area contributed by atoms with E-state index in [4.69, 9.17) is 23.8 Å². The van der Waals surface area contributed by atoms with E-state index in [1.54, 1.807) is 0 Å². The summed E-state index contributed by atoms with van der Waals surface area (Å²) < 4.78 is 0. The molecule has 0 aliphatic carbocycles. The van der Waals surface area contributed by atoms with Crippen LogP contribution in [0.1, 0.15) is 0 Å². The lowest BCUT2D eigenvalue weighted by Crippen LogP contribution is -2.51. The van der Waals surface area contributed by atoms with Gasteiger partial charge in [0.25, 0.3) is 0 Å². The molecule has 0 aromatic heterocycles. The number of hydrogen-bond acceptors (Lipinski definition) is 3. The number of halogens is 1. The summed E-state index contributed by atoms with van der Waals surface area (Å²) in [5.41, 5.74) is 0.947. The Morgan fingerprint density at radius 1 is 1.29 bits per heavy atom. The number of benzene rings is 1. The molecule has 1 aliphatic rings. The molecule has 0 amide bonds. The summed E-state index contributed by atoms with van der Waals surface area (Å²) >= 11 is 11.5. The van der Waals surface area contributed by atoms with Gasteiger partial charge in [0.05, 0.1) is 0 Å². The number of nitrogens with zero attached hydrogens (tertiary/aromatic N) is 3. The molecule has 0 unspecified atom stereocenters. The number of likely N-dealkylation sites (N-methyl/N-ethyl adjacent to an activating group) is 1. The minimum Gasteiger partial charge on any atom is -0.346 e. The Kier molecular flexibility index (Phi) is 6.23. The van der Waals surface area contributed by atoms with E-state index in [-0.39, 0.29) is 0 Å². The molecule has 116 valence electrons. The SMILES string of the molecule is CN(C)CCN1CCN(C(=S)Nc2cccc(Cl)c2)CC1. The van der Waals surface area contributed by atoms with Crippen molar-refractivity contribution in [2.24, 2.45) is 0 Å². The Morgan fingerprint density at radius 3 is 2.62 bits per heavy atom. The predicted octanol–water partition coefficient (Wildman–Crippen LogP) is 2.22. The molecule has 21 heavy (non-hydrogen) atoms. The Bertz CT molecular complexity index is 472. The van der Waals surface area contributed by atoms with Gasteiger partial charge in [0.15, 0.2) is 5.11 Å². The van der Waals surface area contributed by atoms with Crippen molar-refractivity contribution < 1.29 is 0 Å². The molecule has 6 heteroatoms. The summed E-state index contributed by atoms with van der Waals surface area (Å²) in [4.78, 5) is 6.93. The second-order valence-corrected chi connectivity index (χ2v) is 6.40. The van der Waals surface area contributed by atoms with Gasteiger partial charge < -0.3 is 15.1 Å². The van der Waals surface area contributed by atoms with E-state index in [9.17, 15) is 0 Å². The van der Waals surface area contributed by atoms with Crippen LogP contribution >= 0.6 is 23.8 Å². The van der Waals surface area contributed by atoms with Crippen LogP contribution in [0.2, 0.25) is 5.02 Å². The molecule has 2 rings (SSSR count). The first-order valence-corrected chi connectivity index (χ1v) is 8.02. The quantitative estimate of drug-likeness (QED) is 0.854. The highest BCUT2D eigenvalue weighted by molar-refractivity contribution is 7.80. The molecule has 1 saturated heterocycles. The molecular formula is C15H23ClN4S. The average molecular weight is 327 g/mol. The van der Waals surface area contributed by atoms with Crippen LogP contribution in [0.4, 0.5) is 5.69 Å². The zero-order chi connectivity index (χ0) is 15.2. The second kappa shape index (κ2) is 7.94. The lowest BCUT2D eigenvalue weighted by atomic mass is 10.3. The van der Waals surface area contributed by atoms with Crippen LogP contribution in [0.25, 0.3) is 0 Å². The lowest BCUT2D eigenvalue weighted by Gasteiger charge is -2.36. The van der Waals surface area contributed by atoms with E-state index in [2.05, 4.69) is 34.1 Å². The van der Waals surface area contributed by atoms with E-state index in [1.165, 1.54) is 0 Å². The third-order valence-electron chi connectivity index (χ3n) is 3.60. The van der Waals surface area contributed by atoms with E-state index in [1.807, 2.05) is 24.3 Å². The van der Waals surface area contributed by atoms with E-state index in [0.29, 0.717) is 0 Å². The third kappa shape index (κ3) is 5.43. The second-order valence-electron chi connectivity index (χ2n) is 5.57. The fourth-order valence-corrected chi connectivity index (χ4v) is 2.78. The van der Waals surface area contributed by atoms with E-state index in [0.717, 1.165) is 55.1 Å². The van der Waals surface area contributed by atoms with Crippen LogP contribution in [0.3, 0.4) is 0 Å². The molecule has 0 saturated carbocycles. The molecule has 1 aliphatic heterocycles. The van der Waals surface area contributed by atoms with Crippen LogP contribution in [0, 0.1) is 0 Å². The molecule has 1 fully saturated rings. The Morgan fingerprint density at radius 2 is 2.00 bits per heavy atom. The summed E-state index contributed by atoms with van der Waals surface area (Å²) in [5, 5.41) is 4.76. The first kappa shape index (κ1) is 16.5. The standard InChI is InChI=1S/C15H23ClN4S/c1-18(2)6-7-19-8-10-20(11-9-19)15(21)17-14-5-3-4-13(16)12-14/h3-5,12H,6-11H2,1-2H3,(H,17,21). The van der Waals surface area contributed by atoms with Gasteiger partial charge in [-0.3, -0.25) is 4.90 Å². The molecule has 0 spiro atoms. The van der Waals surface area contributed by atoms with E-state index < -0.39 is 0 Å². The van der Waals surface area contributed by atoms with Gasteiger partial charge in [0, 0.05) is 50.0 Å². The molecule has 1 N–H and O–H groups in total. The number of hydrogen-bond donors (Lipinski definition) is 1. The summed E-state index contributed by atoms with van der Waals surface area (Å²) in [6.07, 6.45) is 0. The smallest absolute Gasteiger partial charge is 0.173 e. The zero-order valence-corrected chi connectivity index (χ0v) is 14.3. The van der Waals surface area contributed by atoms with Gasteiger partial charge in [-0.25, -0.2) is 0 Å². The fourth-order valence-electron chi connectivity index (χ4n) is 2.28. The van der Waals surface area contributed by atoms with Gasteiger partial charge in [-0.2, -0.15) is 0 Å². The van der Waals surface area contributed by atoms with Crippen molar-refractivity contribution in [3.05, 3.63) is 29.3 Å². The highest BCUT2D eigenvalue weighted by atomic mass is 35.5. The molecule has 1 heterocycles. The molecule has 1 aromatic rings. The third-order valence-corrected chi connectivity index (χ3v) is 4.19. The minimum absolute atomic E-state index is 0.719. The number of rotatable bonds is 4. The number of piperazine rings is 1. The molecule has 1 aromatic carbocycles. The zero-order valence-electron chi connectivity index (χ0n) is 12.7. The van der Waals surface area contributed by atoms with Crippen molar-refractivity contribution in [3.63, 3.8) is 0 Å². The Labute approximate surface area is 137 Å². The topological polar surface area (TPSA) is 21.8 Å². The largest absolute Gasteiger partial charge is 0.346 e. The van der Waals surface area contributed by atoms with E-state index >= 15 is 0 Å². The van der Waals surface area contributed by atoms with Crippen molar-refractivity contribution in [1.29, 1.82) is 0 Å². The first-order valence-electron chi connectivity index (χ1n) is 7.23. The summed E-state index contributed by atoms with van der Waals surface area (Å²) in [6, 6.07) is 7.65. The van der Waals surface area contributed by atoms with Gasteiger partial charge >= 0.3 is 0 Å². The van der Waals surface area contributed by atoms with Gasteiger partial charge in [0.2, 0.25) is 0 Å². The van der Waals surface area contributed by atoms with Crippen LogP contribution in [-0.2, 0) is 0 Å². The van der Waals surface area contributed by atoms with Crippen molar-refractivity contribution in [3.8, 4) is 0 Å². The molecule has 4 nitrogen and oxygen atoms in total. The lowest BCUT2D eigenvalue weighted by molar-refractivity contribution is 0.170. The normalized spacial score (nSPS) is 16.3. The molecule has 0 atom stereocenters. The van der Waals surface area contributed by atoms with Gasteiger partial charge in [-0.15, -0.1) is 0 Å². The fraction of sp³-hybridized carbons (Fsp3) is 0.533. The van der Waals surface area contributed by atoms with Gasteiger partial charge in [0.1, 0.15) is 0 Å². The van der Waals surface area contributed by atoms with Crippen LogP contribution < -0.4 is 5.32 Å². The number of thiocarbonyl (C=S) groups is 1. The van der Waals surface area contributed by atoms with Crippen LogP contribution in [0.15, 0.2) is 24.3 Å². The first-order chi connectivity index (χ1) is 10.0. The molecular weight excluding hydrogens is 304 g/mol. The summed E-state index contributed by atoms with van der Waals surface area (Å²) in [7, 11) is 4.22. The summed E-state index contributed by atoms with van der Waals surface area (Å²) in [5.74, 6) is 0. The Balaban J connectivity index is 1.78. The highest BCUT2D eigenvalue weighted by Gasteiger charge is 2.18. The summed E-state index contributed by atoms with van der Waals surface area (Å²) in [6.45, 7) is 6.29. The number of nitrogens with one attached hydrogen (secondary N) is 1. The maximum Gasteiger partial charge on any atom is 0.173 e.